The minimum atomic E-state index is -1.32. The molecule has 3 aromatic rings. The molecule has 2 N–H and O–H groups in total. The standard InChI is InChI=1S/C20H20N6O5S/c1-10-4-14(25-6-11(7-25)18(28)21-5-12-2-3-31-12)24-17-15(10)16(27)13(19(29)30)8-26(17)20-22-9-23-32-20/h4,8-9,11-12H,2-3,5-7H2,1H3,(H,21,28)(H,29,30). The summed E-state index contributed by atoms with van der Waals surface area (Å²) in [7, 11) is 0. The van der Waals surface area contributed by atoms with Crippen molar-refractivity contribution >= 4 is 40.3 Å². The van der Waals surface area contributed by atoms with Gasteiger partial charge in [0.25, 0.3) is 0 Å². The Hall–Kier alpha value is -3.38. The van der Waals surface area contributed by atoms with Gasteiger partial charge in [0.2, 0.25) is 16.5 Å². The van der Waals surface area contributed by atoms with Crippen LogP contribution in [0.4, 0.5) is 5.82 Å². The van der Waals surface area contributed by atoms with Gasteiger partial charge in [-0.3, -0.25) is 14.2 Å². The monoisotopic (exact) mass is 456 g/mol. The molecule has 0 radical (unpaired) electrons. The molecule has 1 amide bonds. The number of carbonyl (C=O) groups is 2. The number of carbonyl (C=O) groups excluding carboxylic acids is 1. The molecule has 5 rings (SSSR count). The first-order valence-electron chi connectivity index (χ1n) is 10.1. The van der Waals surface area contributed by atoms with Crippen molar-refractivity contribution in [2.45, 2.75) is 19.4 Å². The van der Waals surface area contributed by atoms with E-state index >= 15 is 0 Å². The van der Waals surface area contributed by atoms with Gasteiger partial charge in [0.05, 0.1) is 17.4 Å². The lowest BCUT2D eigenvalue weighted by atomic mass is 9.98. The molecule has 0 aliphatic carbocycles. The highest BCUT2D eigenvalue weighted by molar-refractivity contribution is 7.08. The molecule has 0 spiro atoms. The predicted molar refractivity (Wildman–Crippen MR) is 116 cm³/mol. The molecule has 2 aliphatic rings. The lowest BCUT2D eigenvalue weighted by molar-refractivity contribution is -0.127. The van der Waals surface area contributed by atoms with E-state index in [4.69, 9.17) is 4.74 Å². The van der Waals surface area contributed by atoms with Crippen molar-refractivity contribution in [3.63, 3.8) is 0 Å². The van der Waals surface area contributed by atoms with Crippen molar-refractivity contribution in [3.05, 3.63) is 39.9 Å². The number of hydrogen-bond donors (Lipinski definition) is 2. The number of aromatic nitrogens is 4. The summed E-state index contributed by atoms with van der Waals surface area (Å²) >= 11 is 1.07. The van der Waals surface area contributed by atoms with E-state index in [1.165, 1.54) is 17.1 Å². The van der Waals surface area contributed by atoms with Crippen molar-refractivity contribution in [2.24, 2.45) is 5.92 Å². The second-order valence-corrected chi connectivity index (χ2v) is 8.65. The van der Waals surface area contributed by atoms with E-state index in [-0.39, 0.29) is 28.9 Å². The van der Waals surface area contributed by atoms with Crippen LogP contribution in [0.3, 0.4) is 0 Å². The summed E-state index contributed by atoms with van der Waals surface area (Å²) in [4.78, 5) is 47.6. The summed E-state index contributed by atoms with van der Waals surface area (Å²) in [6, 6.07) is 1.75. The Morgan fingerprint density at radius 1 is 1.38 bits per heavy atom. The van der Waals surface area contributed by atoms with Crippen LogP contribution >= 0.6 is 11.5 Å². The van der Waals surface area contributed by atoms with Gasteiger partial charge in [0.15, 0.2) is 5.65 Å². The van der Waals surface area contributed by atoms with Crippen LogP contribution in [0.5, 0.6) is 0 Å². The second-order valence-electron chi connectivity index (χ2n) is 7.90. The molecule has 0 bridgehead atoms. The molecule has 2 saturated heterocycles. The Kier molecular flexibility index (Phi) is 5.10. The number of pyridine rings is 2. The van der Waals surface area contributed by atoms with Crippen molar-refractivity contribution in [2.75, 3.05) is 31.1 Å². The molecule has 3 aromatic heterocycles. The number of carboxylic acid groups (broad SMARTS) is 1. The number of anilines is 1. The smallest absolute Gasteiger partial charge is 0.341 e. The summed E-state index contributed by atoms with van der Waals surface area (Å²) in [6.07, 6.45) is 3.68. The van der Waals surface area contributed by atoms with E-state index in [1.807, 2.05) is 4.90 Å². The molecular formula is C20H20N6O5S. The zero-order valence-electron chi connectivity index (χ0n) is 17.1. The van der Waals surface area contributed by atoms with Gasteiger partial charge in [0.1, 0.15) is 17.7 Å². The fourth-order valence-electron chi connectivity index (χ4n) is 3.85. The molecule has 11 nitrogen and oxygen atoms in total. The molecule has 0 aromatic carbocycles. The summed E-state index contributed by atoms with van der Waals surface area (Å²) in [5.41, 5.74) is -0.0430. The summed E-state index contributed by atoms with van der Waals surface area (Å²) in [6.45, 7) is 4.04. The Morgan fingerprint density at radius 3 is 2.78 bits per heavy atom. The Bertz CT molecular complexity index is 1260. The summed E-state index contributed by atoms with van der Waals surface area (Å²) in [5, 5.41) is 13.0. The number of hydrogen-bond acceptors (Lipinski definition) is 9. The fraction of sp³-hybridized carbons (Fsp3) is 0.400. The van der Waals surface area contributed by atoms with Crippen LogP contribution in [0, 0.1) is 12.8 Å². The van der Waals surface area contributed by atoms with Crippen LogP contribution in [0.15, 0.2) is 23.4 Å². The molecule has 32 heavy (non-hydrogen) atoms. The van der Waals surface area contributed by atoms with Gasteiger partial charge in [-0.05, 0) is 25.0 Å². The predicted octanol–water partition coefficient (Wildman–Crippen LogP) is 0.585. The van der Waals surface area contributed by atoms with E-state index < -0.39 is 11.4 Å². The van der Waals surface area contributed by atoms with Gasteiger partial charge in [0, 0.05) is 44.0 Å². The van der Waals surface area contributed by atoms with Gasteiger partial charge in [-0.25, -0.2) is 14.8 Å². The largest absolute Gasteiger partial charge is 0.477 e. The van der Waals surface area contributed by atoms with Crippen molar-refractivity contribution in [1.29, 1.82) is 0 Å². The first kappa shape index (κ1) is 20.5. The van der Waals surface area contributed by atoms with E-state index in [2.05, 4.69) is 19.7 Å². The lowest BCUT2D eigenvalue weighted by Crippen LogP contribution is -2.55. The van der Waals surface area contributed by atoms with Gasteiger partial charge < -0.3 is 20.1 Å². The van der Waals surface area contributed by atoms with Gasteiger partial charge in [-0.15, -0.1) is 0 Å². The van der Waals surface area contributed by atoms with Crippen molar-refractivity contribution in [1.82, 2.24) is 24.2 Å². The highest BCUT2D eigenvalue weighted by Crippen LogP contribution is 2.28. The van der Waals surface area contributed by atoms with Gasteiger partial charge >= 0.3 is 5.97 Å². The zero-order chi connectivity index (χ0) is 22.4. The Labute approximate surface area is 185 Å². The number of ether oxygens (including phenoxy) is 1. The summed E-state index contributed by atoms with van der Waals surface area (Å²) < 4.78 is 10.8. The van der Waals surface area contributed by atoms with Gasteiger partial charge in [-0.1, -0.05) is 0 Å². The third kappa shape index (κ3) is 3.50. The second kappa shape index (κ2) is 7.95. The van der Waals surface area contributed by atoms with Crippen LogP contribution in [-0.4, -0.2) is 68.2 Å². The number of carboxylic acids is 1. The first-order chi connectivity index (χ1) is 15.4. The molecule has 166 valence electrons. The molecule has 1 atom stereocenters. The zero-order valence-corrected chi connectivity index (χ0v) is 18.0. The van der Waals surface area contributed by atoms with Crippen LogP contribution in [0.1, 0.15) is 22.3 Å². The third-order valence-corrected chi connectivity index (χ3v) is 6.47. The number of rotatable bonds is 6. The van der Waals surface area contributed by atoms with Gasteiger partial charge in [-0.2, -0.15) is 4.37 Å². The summed E-state index contributed by atoms with van der Waals surface area (Å²) in [5.74, 6) is -0.858. The first-order valence-corrected chi connectivity index (χ1v) is 10.9. The van der Waals surface area contributed by atoms with Crippen LogP contribution in [-0.2, 0) is 9.53 Å². The average Bonchev–Trinajstić information content (AvgIpc) is 3.19. The number of aromatic carboxylic acids is 1. The molecule has 2 aliphatic heterocycles. The minimum absolute atomic E-state index is 0.00821. The van der Waals surface area contributed by atoms with E-state index in [0.29, 0.717) is 41.8 Å². The average molecular weight is 456 g/mol. The number of fused-ring (bicyclic) bond motifs is 1. The lowest BCUT2D eigenvalue weighted by Gasteiger charge is -2.39. The molecular weight excluding hydrogens is 436 g/mol. The minimum Gasteiger partial charge on any atom is -0.477 e. The van der Waals surface area contributed by atoms with Crippen LogP contribution in [0.2, 0.25) is 0 Å². The highest BCUT2D eigenvalue weighted by Gasteiger charge is 2.34. The maximum Gasteiger partial charge on any atom is 0.341 e. The maximum atomic E-state index is 12.8. The van der Waals surface area contributed by atoms with E-state index in [0.717, 1.165) is 24.6 Å². The van der Waals surface area contributed by atoms with E-state index in [9.17, 15) is 19.5 Å². The quantitative estimate of drug-likeness (QED) is 0.545. The van der Waals surface area contributed by atoms with Crippen LogP contribution < -0.4 is 15.6 Å². The molecule has 5 heterocycles. The van der Waals surface area contributed by atoms with Crippen LogP contribution in [0.25, 0.3) is 16.2 Å². The maximum absolute atomic E-state index is 12.8. The normalized spacial score (nSPS) is 18.3. The fourth-order valence-corrected chi connectivity index (χ4v) is 4.36. The van der Waals surface area contributed by atoms with E-state index in [1.54, 1.807) is 13.0 Å². The van der Waals surface area contributed by atoms with Crippen molar-refractivity contribution in [3.8, 4) is 5.13 Å². The SMILES string of the molecule is Cc1cc(N2CC(C(=O)NCC3CCO3)C2)nc2c1c(=O)c(C(=O)O)cn2-c1ncns1. The number of nitrogens with one attached hydrogen (secondary N) is 1. The molecule has 1 unspecified atom stereocenters. The number of nitrogens with zero attached hydrogens (tertiary/aromatic N) is 5. The number of amides is 1. The Balaban J connectivity index is 1.45. The number of aryl methyl sites for hydroxylation is 1. The topological polar surface area (TPSA) is 140 Å². The van der Waals surface area contributed by atoms with Crippen molar-refractivity contribution < 1.29 is 19.4 Å². The molecule has 0 saturated carbocycles. The Morgan fingerprint density at radius 2 is 2.16 bits per heavy atom. The highest BCUT2D eigenvalue weighted by atomic mass is 32.1. The molecule has 2 fully saturated rings. The third-order valence-electron chi connectivity index (χ3n) is 5.80. The molecule has 12 heteroatoms.